The van der Waals surface area contributed by atoms with Gasteiger partial charge < -0.3 is 15.4 Å². The highest BCUT2D eigenvalue weighted by Gasteiger charge is 2.35. The van der Waals surface area contributed by atoms with E-state index in [1.807, 2.05) is 0 Å². The summed E-state index contributed by atoms with van der Waals surface area (Å²) in [4.78, 5) is 24.5. The summed E-state index contributed by atoms with van der Waals surface area (Å²) in [5.41, 5.74) is -0.638. The molecule has 8 nitrogen and oxygen atoms in total. The molecule has 0 radical (unpaired) electrons. The number of amides is 2. The zero-order valence-electron chi connectivity index (χ0n) is 17.6. The predicted molar refractivity (Wildman–Crippen MR) is 110 cm³/mol. The fourth-order valence-corrected chi connectivity index (χ4v) is 3.14. The summed E-state index contributed by atoms with van der Waals surface area (Å²) in [5, 5.41) is 13.0. The van der Waals surface area contributed by atoms with Crippen LogP contribution < -0.4 is 10.6 Å². The number of carbonyl (C=O) groups is 2. The second-order valence-electron chi connectivity index (χ2n) is 7.29. The van der Waals surface area contributed by atoms with Crippen LogP contribution in [0.4, 0.5) is 23.7 Å². The van der Waals surface area contributed by atoms with Gasteiger partial charge in [0.25, 0.3) is 0 Å². The lowest BCUT2D eigenvalue weighted by Crippen LogP contribution is -2.36. The van der Waals surface area contributed by atoms with Crippen molar-refractivity contribution in [3.8, 4) is 0 Å². The van der Waals surface area contributed by atoms with E-state index in [0.29, 0.717) is 5.69 Å². The van der Waals surface area contributed by atoms with Gasteiger partial charge in [0.2, 0.25) is 0 Å². The van der Waals surface area contributed by atoms with Crippen molar-refractivity contribution in [3.63, 3.8) is 0 Å². The number of nitrogens with zero attached hydrogens (tertiary/aromatic N) is 3. The molecule has 32 heavy (non-hydrogen) atoms. The minimum absolute atomic E-state index is 0.163. The van der Waals surface area contributed by atoms with Gasteiger partial charge in [0.05, 0.1) is 18.2 Å². The third-order valence-corrected chi connectivity index (χ3v) is 4.63. The fourth-order valence-electron chi connectivity index (χ4n) is 3.14. The lowest BCUT2D eigenvalue weighted by molar-refractivity contribution is -0.136. The molecule has 1 aromatic carbocycles. The maximum atomic E-state index is 13.3. The number of alkyl halides is 3. The smallest absolute Gasteiger partial charge is 0.420 e. The molecule has 11 heteroatoms. The molecule has 2 heterocycles. The largest absolute Gasteiger partial charge is 0.462 e. The number of benzene rings is 1. The van der Waals surface area contributed by atoms with E-state index in [1.165, 1.54) is 22.7 Å². The normalized spacial score (nSPS) is 12.6. The third-order valence-electron chi connectivity index (χ3n) is 4.63. The molecule has 0 bridgehead atoms. The number of hydrogen-bond donors (Lipinski definition) is 2. The summed E-state index contributed by atoms with van der Waals surface area (Å²) in [6.07, 6.45) is -3.17. The number of pyridine rings is 1. The van der Waals surface area contributed by atoms with Gasteiger partial charge in [-0.05, 0) is 43.2 Å². The average molecular weight is 449 g/mol. The predicted octanol–water partition coefficient (Wildman–Crippen LogP) is 4.44. The highest BCUT2D eigenvalue weighted by molar-refractivity contribution is 5.94. The number of hydrogen-bond acceptors (Lipinski definition) is 5. The van der Waals surface area contributed by atoms with Gasteiger partial charge >= 0.3 is 18.2 Å². The number of urea groups is 1. The summed E-state index contributed by atoms with van der Waals surface area (Å²) in [5.74, 6) is -0.572. The van der Waals surface area contributed by atoms with E-state index in [2.05, 4.69) is 20.8 Å². The average Bonchev–Trinajstić information content (AvgIpc) is 3.15. The SMILES string of the molecule is CCOC(=O)c1cccc(NC(=O)N[C@H](c2nnc3c(C(F)(F)F)cccn23)C(C)C)c1. The number of carbonyl (C=O) groups excluding carboxylic acids is 2. The van der Waals surface area contributed by atoms with E-state index in [1.54, 1.807) is 39.0 Å². The Morgan fingerprint density at radius 2 is 1.91 bits per heavy atom. The topological polar surface area (TPSA) is 97.6 Å². The Morgan fingerprint density at radius 1 is 1.16 bits per heavy atom. The van der Waals surface area contributed by atoms with E-state index in [0.717, 1.165) is 6.07 Å². The van der Waals surface area contributed by atoms with Crippen LogP contribution in [0.2, 0.25) is 0 Å². The molecule has 0 saturated carbocycles. The van der Waals surface area contributed by atoms with Gasteiger partial charge in [-0.25, -0.2) is 9.59 Å². The Balaban J connectivity index is 1.83. The van der Waals surface area contributed by atoms with Crippen molar-refractivity contribution in [1.82, 2.24) is 19.9 Å². The molecule has 0 saturated heterocycles. The maximum absolute atomic E-state index is 13.3. The van der Waals surface area contributed by atoms with Crippen LogP contribution in [0.3, 0.4) is 0 Å². The van der Waals surface area contributed by atoms with Gasteiger partial charge in [-0.3, -0.25) is 4.40 Å². The van der Waals surface area contributed by atoms with Gasteiger partial charge in [-0.1, -0.05) is 19.9 Å². The molecule has 2 amide bonds. The number of esters is 1. The number of nitrogens with one attached hydrogen (secondary N) is 2. The third kappa shape index (κ3) is 4.98. The van der Waals surface area contributed by atoms with Gasteiger partial charge in [-0.2, -0.15) is 13.2 Å². The van der Waals surface area contributed by atoms with Crippen molar-refractivity contribution >= 4 is 23.3 Å². The van der Waals surface area contributed by atoms with Crippen LogP contribution in [0.25, 0.3) is 5.65 Å². The van der Waals surface area contributed by atoms with E-state index >= 15 is 0 Å². The number of anilines is 1. The van der Waals surface area contributed by atoms with Crippen LogP contribution in [0.1, 0.15) is 48.6 Å². The number of ether oxygens (including phenoxy) is 1. The molecular weight excluding hydrogens is 427 g/mol. The molecule has 1 atom stereocenters. The lowest BCUT2D eigenvalue weighted by atomic mass is 10.0. The van der Waals surface area contributed by atoms with Crippen molar-refractivity contribution in [3.05, 3.63) is 59.5 Å². The van der Waals surface area contributed by atoms with Crippen molar-refractivity contribution in [2.24, 2.45) is 5.92 Å². The fraction of sp³-hybridized carbons (Fsp3) is 0.333. The van der Waals surface area contributed by atoms with E-state index < -0.39 is 29.8 Å². The van der Waals surface area contributed by atoms with Crippen LogP contribution in [-0.4, -0.2) is 33.2 Å². The summed E-state index contributed by atoms with van der Waals surface area (Å²) >= 11 is 0. The quantitative estimate of drug-likeness (QED) is 0.542. The second kappa shape index (κ2) is 9.25. The molecule has 0 aliphatic rings. The van der Waals surface area contributed by atoms with Gasteiger partial charge in [0, 0.05) is 11.9 Å². The minimum Gasteiger partial charge on any atom is -0.462 e. The molecule has 2 aromatic heterocycles. The minimum atomic E-state index is -4.59. The Hall–Kier alpha value is -3.63. The Morgan fingerprint density at radius 3 is 2.56 bits per heavy atom. The lowest BCUT2D eigenvalue weighted by Gasteiger charge is -2.21. The molecule has 0 aliphatic heterocycles. The van der Waals surface area contributed by atoms with E-state index in [9.17, 15) is 22.8 Å². The Kier molecular flexibility index (Phi) is 6.66. The van der Waals surface area contributed by atoms with Crippen molar-refractivity contribution < 1.29 is 27.5 Å². The molecule has 2 N–H and O–H groups in total. The van der Waals surface area contributed by atoms with Gasteiger partial charge in [0.1, 0.15) is 5.56 Å². The highest BCUT2D eigenvalue weighted by Crippen LogP contribution is 2.32. The Labute approximate surface area is 181 Å². The monoisotopic (exact) mass is 449 g/mol. The first-order chi connectivity index (χ1) is 15.1. The van der Waals surface area contributed by atoms with Crippen LogP contribution in [0.15, 0.2) is 42.6 Å². The molecule has 0 aliphatic carbocycles. The molecule has 170 valence electrons. The zero-order valence-corrected chi connectivity index (χ0v) is 17.6. The van der Waals surface area contributed by atoms with E-state index in [4.69, 9.17) is 4.74 Å². The van der Waals surface area contributed by atoms with Crippen molar-refractivity contribution in [2.45, 2.75) is 33.0 Å². The first-order valence-electron chi connectivity index (χ1n) is 9.87. The van der Waals surface area contributed by atoms with Crippen molar-refractivity contribution in [1.29, 1.82) is 0 Å². The van der Waals surface area contributed by atoms with E-state index in [-0.39, 0.29) is 29.6 Å². The van der Waals surface area contributed by atoms with Crippen molar-refractivity contribution in [2.75, 3.05) is 11.9 Å². The molecule has 0 unspecified atom stereocenters. The number of rotatable bonds is 6. The van der Waals surface area contributed by atoms with Crippen LogP contribution in [0.5, 0.6) is 0 Å². The van der Waals surface area contributed by atoms with Crippen LogP contribution in [0, 0.1) is 5.92 Å². The maximum Gasteiger partial charge on any atom is 0.420 e. The van der Waals surface area contributed by atoms with Gasteiger partial charge in [-0.15, -0.1) is 10.2 Å². The molecule has 0 spiro atoms. The van der Waals surface area contributed by atoms with Crippen LogP contribution in [-0.2, 0) is 10.9 Å². The standard InChI is InChI=1S/C21H22F3N5O3/c1-4-32-19(30)13-7-5-8-14(11-13)25-20(31)26-16(12(2)3)18-28-27-17-15(21(22,23)24)9-6-10-29(17)18/h5-12,16H,4H2,1-3H3,(H2,25,26,31)/t16-/m0/s1. The first-order valence-corrected chi connectivity index (χ1v) is 9.87. The molecule has 3 rings (SSSR count). The molecule has 0 fully saturated rings. The molecule has 3 aromatic rings. The summed E-state index contributed by atoms with van der Waals surface area (Å²) in [6.45, 7) is 5.49. The first kappa shape index (κ1) is 23.0. The Bertz CT molecular complexity index is 1130. The summed E-state index contributed by atoms with van der Waals surface area (Å²) in [7, 11) is 0. The number of aromatic nitrogens is 3. The summed E-state index contributed by atoms with van der Waals surface area (Å²) in [6, 6.07) is 7.02. The van der Waals surface area contributed by atoms with Gasteiger partial charge in [0.15, 0.2) is 11.5 Å². The summed E-state index contributed by atoms with van der Waals surface area (Å²) < 4.78 is 46.0. The second-order valence-corrected chi connectivity index (χ2v) is 7.29. The highest BCUT2D eigenvalue weighted by atomic mass is 19.4. The number of fused-ring (bicyclic) bond motifs is 1. The zero-order chi connectivity index (χ0) is 23.5. The van der Waals surface area contributed by atoms with Crippen LogP contribution >= 0.6 is 0 Å². The number of halogens is 3. The molecular formula is C21H22F3N5O3.